The lowest BCUT2D eigenvalue weighted by atomic mass is 9.97. The summed E-state index contributed by atoms with van der Waals surface area (Å²) in [5, 5.41) is 7.62. The SMILES string of the molecule is Cn1cc(CN2CCC3(CC(Nc4ncccn4)CO3)C2)cn1. The van der Waals surface area contributed by atoms with Crippen LogP contribution < -0.4 is 5.32 Å². The fourth-order valence-electron chi connectivity index (χ4n) is 3.65. The molecule has 2 fully saturated rings. The van der Waals surface area contributed by atoms with Gasteiger partial charge < -0.3 is 10.1 Å². The number of anilines is 1. The molecule has 2 aliphatic heterocycles. The first-order valence-electron chi connectivity index (χ1n) is 8.08. The van der Waals surface area contributed by atoms with Gasteiger partial charge in [-0.25, -0.2) is 9.97 Å². The van der Waals surface area contributed by atoms with Crippen LogP contribution in [0.5, 0.6) is 0 Å². The molecule has 4 rings (SSSR count). The normalized spacial score (nSPS) is 27.8. The van der Waals surface area contributed by atoms with Gasteiger partial charge in [-0.2, -0.15) is 5.10 Å². The molecule has 2 aromatic rings. The Hall–Kier alpha value is -1.99. The number of rotatable bonds is 4. The number of ether oxygens (including phenoxy) is 1. The van der Waals surface area contributed by atoms with E-state index in [0.29, 0.717) is 5.95 Å². The summed E-state index contributed by atoms with van der Waals surface area (Å²) < 4.78 is 8.03. The zero-order valence-corrected chi connectivity index (χ0v) is 13.4. The number of hydrogen-bond acceptors (Lipinski definition) is 6. The summed E-state index contributed by atoms with van der Waals surface area (Å²) in [4.78, 5) is 10.9. The van der Waals surface area contributed by atoms with Crippen molar-refractivity contribution in [3.05, 3.63) is 36.4 Å². The van der Waals surface area contributed by atoms with Crippen LogP contribution in [0.25, 0.3) is 0 Å². The zero-order valence-electron chi connectivity index (χ0n) is 13.4. The van der Waals surface area contributed by atoms with E-state index in [-0.39, 0.29) is 11.6 Å². The van der Waals surface area contributed by atoms with Crippen LogP contribution in [-0.2, 0) is 18.3 Å². The maximum absolute atomic E-state index is 6.18. The Morgan fingerprint density at radius 1 is 1.39 bits per heavy atom. The van der Waals surface area contributed by atoms with Crippen molar-refractivity contribution in [3.8, 4) is 0 Å². The fraction of sp³-hybridized carbons (Fsp3) is 0.562. The van der Waals surface area contributed by atoms with Crippen LogP contribution in [0.2, 0.25) is 0 Å². The summed E-state index contributed by atoms with van der Waals surface area (Å²) in [6, 6.07) is 2.11. The Kier molecular flexibility index (Phi) is 3.74. The lowest BCUT2D eigenvalue weighted by Gasteiger charge is -2.23. The average molecular weight is 314 g/mol. The van der Waals surface area contributed by atoms with Gasteiger partial charge in [0.1, 0.15) is 0 Å². The van der Waals surface area contributed by atoms with Gasteiger partial charge in [0.2, 0.25) is 5.95 Å². The topological polar surface area (TPSA) is 68.1 Å². The summed E-state index contributed by atoms with van der Waals surface area (Å²) in [5.41, 5.74) is 1.24. The molecule has 2 saturated heterocycles. The maximum Gasteiger partial charge on any atom is 0.222 e. The third-order valence-corrected chi connectivity index (χ3v) is 4.67. The lowest BCUT2D eigenvalue weighted by Crippen LogP contribution is -2.33. The summed E-state index contributed by atoms with van der Waals surface area (Å²) in [7, 11) is 1.96. The van der Waals surface area contributed by atoms with Gasteiger partial charge in [-0.1, -0.05) is 0 Å². The molecule has 2 unspecified atom stereocenters. The van der Waals surface area contributed by atoms with Crippen molar-refractivity contribution in [2.75, 3.05) is 25.0 Å². The molecule has 7 nitrogen and oxygen atoms in total. The lowest BCUT2D eigenvalue weighted by molar-refractivity contribution is 0.0120. The monoisotopic (exact) mass is 314 g/mol. The molecular weight excluding hydrogens is 292 g/mol. The van der Waals surface area contributed by atoms with Crippen molar-refractivity contribution in [2.45, 2.75) is 31.0 Å². The minimum Gasteiger partial charge on any atom is -0.371 e. The van der Waals surface area contributed by atoms with E-state index in [1.165, 1.54) is 5.56 Å². The van der Waals surface area contributed by atoms with E-state index in [4.69, 9.17) is 4.74 Å². The minimum absolute atomic E-state index is 0.0192. The molecule has 0 amide bonds. The minimum atomic E-state index is -0.0192. The number of nitrogens with one attached hydrogen (secondary N) is 1. The van der Waals surface area contributed by atoms with Gasteiger partial charge in [-0.3, -0.25) is 9.58 Å². The van der Waals surface area contributed by atoms with Gasteiger partial charge in [-0.05, 0) is 12.5 Å². The van der Waals surface area contributed by atoms with E-state index in [1.807, 2.05) is 24.0 Å². The van der Waals surface area contributed by atoms with Crippen molar-refractivity contribution in [1.82, 2.24) is 24.6 Å². The highest BCUT2D eigenvalue weighted by molar-refractivity contribution is 5.25. The second-order valence-corrected chi connectivity index (χ2v) is 6.59. The third kappa shape index (κ3) is 3.20. The highest BCUT2D eigenvalue weighted by atomic mass is 16.5. The molecular formula is C16H22N6O. The van der Waals surface area contributed by atoms with Crippen LogP contribution in [0.1, 0.15) is 18.4 Å². The fourth-order valence-corrected chi connectivity index (χ4v) is 3.65. The van der Waals surface area contributed by atoms with Crippen molar-refractivity contribution in [2.24, 2.45) is 7.05 Å². The van der Waals surface area contributed by atoms with Gasteiger partial charge in [0.25, 0.3) is 0 Å². The van der Waals surface area contributed by atoms with E-state index >= 15 is 0 Å². The van der Waals surface area contributed by atoms with Gasteiger partial charge in [-0.15, -0.1) is 0 Å². The van der Waals surface area contributed by atoms with E-state index in [9.17, 15) is 0 Å². The standard InChI is InChI=1S/C16H22N6O/c1-21-9-13(8-19-21)10-22-6-3-16(12-22)7-14(11-23-16)20-15-17-4-2-5-18-15/h2,4-5,8-9,14H,3,6-7,10-12H2,1H3,(H,17,18,20). The summed E-state index contributed by atoms with van der Waals surface area (Å²) >= 11 is 0. The molecule has 4 heterocycles. The predicted octanol–water partition coefficient (Wildman–Crippen LogP) is 1.06. The van der Waals surface area contributed by atoms with Crippen molar-refractivity contribution in [1.29, 1.82) is 0 Å². The maximum atomic E-state index is 6.18. The first-order valence-corrected chi connectivity index (χ1v) is 8.08. The molecule has 122 valence electrons. The van der Waals surface area contributed by atoms with E-state index in [2.05, 4.69) is 31.5 Å². The number of aromatic nitrogens is 4. The Balaban J connectivity index is 1.34. The highest BCUT2D eigenvalue weighted by Gasteiger charge is 2.45. The quantitative estimate of drug-likeness (QED) is 0.910. The van der Waals surface area contributed by atoms with E-state index < -0.39 is 0 Å². The smallest absolute Gasteiger partial charge is 0.222 e. The molecule has 1 N–H and O–H groups in total. The number of likely N-dealkylation sites (tertiary alicyclic amines) is 1. The number of aryl methyl sites for hydroxylation is 1. The van der Waals surface area contributed by atoms with Crippen LogP contribution >= 0.6 is 0 Å². The van der Waals surface area contributed by atoms with Crippen molar-refractivity contribution in [3.63, 3.8) is 0 Å². The molecule has 1 spiro atoms. The second kappa shape index (κ2) is 5.90. The summed E-state index contributed by atoms with van der Waals surface area (Å²) in [6.07, 6.45) is 9.63. The molecule has 0 saturated carbocycles. The third-order valence-electron chi connectivity index (χ3n) is 4.67. The highest BCUT2D eigenvalue weighted by Crippen LogP contribution is 2.36. The Morgan fingerprint density at radius 2 is 2.26 bits per heavy atom. The van der Waals surface area contributed by atoms with Gasteiger partial charge >= 0.3 is 0 Å². The molecule has 0 aromatic carbocycles. The zero-order chi connectivity index (χ0) is 15.7. The predicted molar refractivity (Wildman–Crippen MR) is 85.8 cm³/mol. The van der Waals surface area contributed by atoms with Crippen LogP contribution in [0.3, 0.4) is 0 Å². The van der Waals surface area contributed by atoms with Crippen LogP contribution in [0.15, 0.2) is 30.9 Å². The van der Waals surface area contributed by atoms with Crippen LogP contribution in [0.4, 0.5) is 5.95 Å². The van der Waals surface area contributed by atoms with Crippen molar-refractivity contribution >= 4 is 5.95 Å². The van der Waals surface area contributed by atoms with E-state index in [1.54, 1.807) is 12.4 Å². The largest absolute Gasteiger partial charge is 0.371 e. The van der Waals surface area contributed by atoms with E-state index in [0.717, 1.165) is 39.1 Å². The van der Waals surface area contributed by atoms with Crippen LogP contribution in [-0.4, -0.2) is 56.0 Å². The Bertz CT molecular complexity index is 660. The Labute approximate surface area is 135 Å². The van der Waals surface area contributed by atoms with Gasteiger partial charge in [0, 0.05) is 57.3 Å². The molecule has 0 radical (unpaired) electrons. The van der Waals surface area contributed by atoms with Gasteiger partial charge in [0.15, 0.2) is 0 Å². The second-order valence-electron chi connectivity index (χ2n) is 6.59. The number of hydrogen-bond donors (Lipinski definition) is 1. The number of nitrogens with zero attached hydrogens (tertiary/aromatic N) is 5. The molecule has 2 atom stereocenters. The average Bonchev–Trinajstić information content (AvgIpc) is 3.24. The van der Waals surface area contributed by atoms with Gasteiger partial charge in [0.05, 0.1) is 24.4 Å². The molecule has 0 bridgehead atoms. The van der Waals surface area contributed by atoms with Crippen LogP contribution in [0, 0.1) is 0 Å². The molecule has 0 aliphatic carbocycles. The molecule has 2 aromatic heterocycles. The molecule has 2 aliphatic rings. The summed E-state index contributed by atoms with van der Waals surface area (Å²) in [6.45, 7) is 3.72. The first-order chi connectivity index (χ1) is 11.2. The first kappa shape index (κ1) is 14.6. The Morgan fingerprint density at radius 3 is 3.04 bits per heavy atom. The molecule has 7 heteroatoms. The molecule has 23 heavy (non-hydrogen) atoms. The summed E-state index contributed by atoms with van der Waals surface area (Å²) in [5.74, 6) is 0.684. The van der Waals surface area contributed by atoms with Crippen molar-refractivity contribution < 1.29 is 4.74 Å².